The number of fused-ring (bicyclic) bond motifs is 1. The maximum Gasteiger partial charge on any atom is 0.319 e. The minimum Gasteiger partial charge on any atom is -0.398 e. The fraction of sp³-hybridized carbons (Fsp3) is 0.222. The van der Waals surface area contributed by atoms with Crippen LogP contribution in [0.25, 0.3) is 0 Å². The molecule has 0 radical (unpaired) electrons. The van der Waals surface area contributed by atoms with Crippen molar-refractivity contribution in [3.05, 3.63) is 23.8 Å². The van der Waals surface area contributed by atoms with Gasteiger partial charge in [0, 0.05) is 17.8 Å². The van der Waals surface area contributed by atoms with E-state index in [0.717, 1.165) is 23.4 Å². The lowest BCUT2D eigenvalue weighted by Gasteiger charge is -2.13. The van der Waals surface area contributed by atoms with Crippen LogP contribution < -0.4 is 16.4 Å². The lowest BCUT2D eigenvalue weighted by molar-refractivity contribution is 0.254. The van der Waals surface area contributed by atoms with Crippen LogP contribution in [0.3, 0.4) is 0 Å². The molecule has 4 nitrogen and oxygen atoms in total. The van der Waals surface area contributed by atoms with Gasteiger partial charge in [0.2, 0.25) is 0 Å². The first-order valence-corrected chi connectivity index (χ1v) is 4.14. The smallest absolute Gasteiger partial charge is 0.319 e. The zero-order valence-electron chi connectivity index (χ0n) is 7.16. The van der Waals surface area contributed by atoms with Gasteiger partial charge in [-0.2, -0.15) is 0 Å². The number of hydrogen-bond donors (Lipinski definition) is 2. The van der Waals surface area contributed by atoms with Gasteiger partial charge in [-0.1, -0.05) is 6.07 Å². The molecule has 0 aromatic heterocycles. The van der Waals surface area contributed by atoms with Gasteiger partial charge in [0.15, 0.2) is 0 Å². The van der Waals surface area contributed by atoms with E-state index in [0.29, 0.717) is 6.54 Å². The third-order valence-corrected chi connectivity index (χ3v) is 2.33. The first-order valence-electron chi connectivity index (χ1n) is 4.14. The molecule has 1 aliphatic heterocycles. The van der Waals surface area contributed by atoms with Crippen molar-refractivity contribution >= 4 is 17.4 Å². The van der Waals surface area contributed by atoms with Gasteiger partial charge in [-0.3, -0.25) is 4.90 Å². The molecule has 0 atom stereocenters. The fourth-order valence-electron chi connectivity index (χ4n) is 1.69. The van der Waals surface area contributed by atoms with Gasteiger partial charge >= 0.3 is 6.03 Å². The van der Waals surface area contributed by atoms with Crippen LogP contribution in [0.1, 0.15) is 5.56 Å². The van der Waals surface area contributed by atoms with E-state index >= 15 is 0 Å². The maximum absolute atomic E-state index is 11.0. The summed E-state index contributed by atoms with van der Waals surface area (Å²) in [5.74, 6) is 0. The number of primary amides is 1. The van der Waals surface area contributed by atoms with Gasteiger partial charge in [-0.05, 0) is 18.6 Å². The molecule has 68 valence electrons. The van der Waals surface area contributed by atoms with E-state index in [2.05, 4.69) is 0 Å². The van der Waals surface area contributed by atoms with Crippen LogP contribution in [0.15, 0.2) is 18.2 Å². The van der Waals surface area contributed by atoms with Gasteiger partial charge in [0.25, 0.3) is 0 Å². The first kappa shape index (κ1) is 7.91. The Morgan fingerprint density at radius 1 is 1.46 bits per heavy atom. The van der Waals surface area contributed by atoms with Crippen LogP contribution in [0.4, 0.5) is 16.2 Å². The average molecular weight is 177 g/mol. The summed E-state index contributed by atoms with van der Waals surface area (Å²) in [6, 6.07) is 5.12. The summed E-state index contributed by atoms with van der Waals surface area (Å²) in [4.78, 5) is 12.5. The van der Waals surface area contributed by atoms with Gasteiger partial charge in [0.05, 0.1) is 5.69 Å². The highest BCUT2D eigenvalue weighted by Crippen LogP contribution is 2.31. The zero-order chi connectivity index (χ0) is 9.42. The van der Waals surface area contributed by atoms with E-state index in [-0.39, 0.29) is 0 Å². The van der Waals surface area contributed by atoms with Crippen molar-refractivity contribution < 1.29 is 4.79 Å². The molecule has 0 spiro atoms. The SMILES string of the molecule is NC(=O)N1CCc2c(N)cccc21. The topological polar surface area (TPSA) is 72.4 Å². The molecule has 0 fully saturated rings. The highest BCUT2D eigenvalue weighted by atomic mass is 16.2. The van der Waals surface area contributed by atoms with E-state index < -0.39 is 6.03 Å². The summed E-state index contributed by atoms with van der Waals surface area (Å²) < 4.78 is 0. The highest BCUT2D eigenvalue weighted by molar-refractivity contribution is 5.94. The summed E-state index contributed by atoms with van der Waals surface area (Å²) in [6.07, 6.45) is 0.797. The number of rotatable bonds is 0. The minimum absolute atomic E-state index is 0.413. The van der Waals surface area contributed by atoms with Crippen molar-refractivity contribution in [1.29, 1.82) is 0 Å². The van der Waals surface area contributed by atoms with Gasteiger partial charge < -0.3 is 11.5 Å². The number of anilines is 2. The molecule has 1 aromatic rings. The predicted octanol–water partition coefficient (Wildman–Crippen LogP) is 0.710. The Kier molecular flexibility index (Phi) is 1.62. The molecule has 2 amide bonds. The van der Waals surface area contributed by atoms with E-state index in [1.54, 1.807) is 4.90 Å². The average Bonchev–Trinajstić information content (AvgIpc) is 2.48. The van der Waals surface area contributed by atoms with Gasteiger partial charge in [-0.15, -0.1) is 0 Å². The minimum atomic E-state index is -0.413. The predicted molar refractivity (Wildman–Crippen MR) is 51.5 cm³/mol. The number of nitrogens with two attached hydrogens (primary N) is 2. The Labute approximate surface area is 76.1 Å². The van der Waals surface area contributed by atoms with Crippen molar-refractivity contribution in [3.63, 3.8) is 0 Å². The largest absolute Gasteiger partial charge is 0.398 e. The standard InChI is InChI=1S/C9H11N3O/c10-7-2-1-3-8-6(7)4-5-12(8)9(11)13/h1-3H,4-5,10H2,(H2,11,13). The summed E-state index contributed by atoms with van der Waals surface area (Å²) in [6.45, 7) is 0.638. The number of urea groups is 1. The normalized spacial score (nSPS) is 14.3. The van der Waals surface area contributed by atoms with E-state index in [1.807, 2.05) is 18.2 Å². The number of hydrogen-bond acceptors (Lipinski definition) is 2. The molecule has 1 aromatic carbocycles. The Bertz CT molecular complexity index is 362. The van der Waals surface area contributed by atoms with Crippen molar-refractivity contribution in [3.8, 4) is 0 Å². The summed E-state index contributed by atoms with van der Waals surface area (Å²) in [5.41, 5.74) is 13.6. The second kappa shape index (κ2) is 2.65. The van der Waals surface area contributed by atoms with E-state index in [9.17, 15) is 4.79 Å². The number of amides is 2. The van der Waals surface area contributed by atoms with E-state index in [4.69, 9.17) is 11.5 Å². The third-order valence-electron chi connectivity index (χ3n) is 2.33. The number of carbonyl (C=O) groups excluding carboxylic acids is 1. The molecule has 13 heavy (non-hydrogen) atoms. The summed E-state index contributed by atoms with van der Waals surface area (Å²) in [5, 5.41) is 0. The molecular weight excluding hydrogens is 166 g/mol. The molecule has 4 N–H and O–H groups in total. The second-order valence-corrected chi connectivity index (χ2v) is 3.08. The second-order valence-electron chi connectivity index (χ2n) is 3.08. The Hall–Kier alpha value is -1.71. The van der Waals surface area contributed by atoms with Crippen molar-refractivity contribution in [2.24, 2.45) is 5.73 Å². The molecule has 0 unspecified atom stereocenters. The van der Waals surface area contributed by atoms with Crippen LogP contribution in [0.2, 0.25) is 0 Å². The third kappa shape index (κ3) is 1.11. The zero-order valence-corrected chi connectivity index (χ0v) is 7.16. The number of benzene rings is 1. The first-order chi connectivity index (χ1) is 6.20. The van der Waals surface area contributed by atoms with Crippen molar-refractivity contribution in [2.75, 3.05) is 17.2 Å². The quantitative estimate of drug-likeness (QED) is 0.573. The monoisotopic (exact) mass is 177 g/mol. The molecular formula is C9H11N3O. The number of nitrogens with zero attached hydrogens (tertiary/aromatic N) is 1. The fourth-order valence-corrected chi connectivity index (χ4v) is 1.69. The molecule has 0 saturated heterocycles. The van der Waals surface area contributed by atoms with Crippen LogP contribution in [-0.4, -0.2) is 12.6 Å². The van der Waals surface area contributed by atoms with Crippen molar-refractivity contribution in [2.45, 2.75) is 6.42 Å². The molecule has 4 heteroatoms. The van der Waals surface area contributed by atoms with E-state index in [1.165, 1.54) is 0 Å². The Balaban J connectivity index is 2.49. The van der Waals surface area contributed by atoms with Crippen LogP contribution in [0.5, 0.6) is 0 Å². The van der Waals surface area contributed by atoms with Crippen LogP contribution >= 0.6 is 0 Å². The molecule has 0 aliphatic carbocycles. The van der Waals surface area contributed by atoms with Crippen molar-refractivity contribution in [1.82, 2.24) is 0 Å². The lowest BCUT2D eigenvalue weighted by atomic mass is 10.1. The van der Waals surface area contributed by atoms with Gasteiger partial charge in [-0.25, -0.2) is 4.79 Å². The molecule has 1 aliphatic rings. The Morgan fingerprint density at radius 2 is 2.23 bits per heavy atom. The molecule has 2 rings (SSSR count). The molecule has 0 saturated carbocycles. The Morgan fingerprint density at radius 3 is 2.92 bits per heavy atom. The summed E-state index contributed by atoms with van der Waals surface area (Å²) >= 11 is 0. The highest BCUT2D eigenvalue weighted by Gasteiger charge is 2.23. The maximum atomic E-state index is 11.0. The van der Waals surface area contributed by atoms with Crippen LogP contribution in [-0.2, 0) is 6.42 Å². The lowest BCUT2D eigenvalue weighted by Crippen LogP contribution is -2.33. The van der Waals surface area contributed by atoms with Gasteiger partial charge in [0.1, 0.15) is 0 Å². The molecule has 1 heterocycles. The molecule has 0 bridgehead atoms. The summed E-state index contributed by atoms with van der Waals surface area (Å²) in [7, 11) is 0. The number of carbonyl (C=O) groups is 1. The number of nitrogen functional groups attached to an aromatic ring is 1. The van der Waals surface area contributed by atoms with Crippen LogP contribution in [0, 0.1) is 0 Å².